The first kappa shape index (κ1) is 18.0. The Labute approximate surface area is 144 Å². The second-order valence-corrected chi connectivity index (χ2v) is 4.99. The molecule has 0 aliphatic rings. The van der Waals surface area contributed by atoms with Gasteiger partial charge in [-0.2, -0.15) is 5.26 Å². The Hall–Kier alpha value is -3.33. The number of esters is 1. The van der Waals surface area contributed by atoms with E-state index in [1.54, 1.807) is 36.4 Å². The summed E-state index contributed by atoms with van der Waals surface area (Å²) in [7, 11) is 2.68. The smallest absolute Gasteiger partial charge is 0.348 e. The van der Waals surface area contributed by atoms with E-state index in [-0.39, 0.29) is 18.0 Å². The summed E-state index contributed by atoms with van der Waals surface area (Å²) in [5.41, 5.74) is 1.14. The Morgan fingerprint density at radius 1 is 1.20 bits per heavy atom. The Morgan fingerprint density at radius 3 is 2.64 bits per heavy atom. The average molecular weight is 341 g/mol. The maximum atomic E-state index is 13.2. The minimum atomic E-state index is -0.715. The van der Waals surface area contributed by atoms with Gasteiger partial charge in [0.2, 0.25) is 0 Å². The molecular weight excluding hydrogens is 325 g/mol. The molecule has 0 radical (unpaired) electrons. The molecular formula is C19H16FNO4. The van der Waals surface area contributed by atoms with Crippen molar-refractivity contribution in [1.82, 2.24) is 0 Å². The fraction of sp³-hybridized carbons (Fsp3) is 0.158. The topological polar surface area (TPSA) is 68.6 Å². The van der Waals surface area contributed by atoms with Crippen LogP contribution in [0.2, 0.25) is 0 Å². The fourth-order valence-corrected chi connectivity index (χ4v) is 2.09. The molecule has 0 aromatic heterocycles. The number of carbonyl (C=O) groups is 1. The number of hydrogen-bond acceptors (Lipinski definition) is 5. The third-order valence-electron chi connectivity index (χ3n) is 3.31. The minimum Gasteiger partial charge on any atom is -0.493 e. The molecule has 2 aromatic rings. The number of benzene rings is 2. The molecule has 6 heteroatoms. The molecule has 0 saturated carbocycles. The van der Waals surface area contributed by atoms with E-state index in [1.165, 1.54) is 32.4 Å². The van der Waals surface area contributed by atoms with Crippen molar-refractivity contribution in [3.63, 3.8) is 0 Å². The zero-order valence-corrected chi connectivity index (χ0v) is 13.8. The van der Waals surface area contributed by atoms with E-state index in [9.17, 15) is 9.18 Å². The molecule has 0 amide bonds. The highest BCUT2D eigenvalue weighted by Crippen LogP contribution is 2.29. The Kier molecular flexibility index (Phi) is 6.13. The van der Waals surface area contributed by atoms with Crippen LogP contribution in [0.5, 0.6) is 11.5 Å². The van der Waals surface area contributed by atoms with Crippen LogP contribution in [0.4, 0.5) is 4.39 Å². The molecule has 0 aliphatic heterocycles. The van der Waals surface area contributed by atoms with E-state index < -0.39 is 5.97 Å². The number of nitriles is 1. The van der Waals surface area contributed by atoms with Crippen LogP contribution in [0, 0.1) is 17.1 Å². The number of carbonyl (C=O) groups excluding carboxylic acids is 1. The predicted octanol–water partition coefficient (Wildman–Crippen LogP) is 3.49. The van der Waals surface area contributed by atoms with Crippen LogP contribution in [-0.2, 0) is 16.1 Å². The van der Waals surface area contributed by atoms with E-state index in [0.717, 1.165) is 0 Å². The summed E-state index contributed by atoms with van der Waals surface area (Å²) >= 11 is 0. The van der Waals surface area contributed by atoms with Gasteiger partial charge in [0.25, 0.3) is 0 Å². The molecule has 128 valence electrons. The molecule has 0 fully saturated rings. The van der Waals surface area contributed by atoms with Crippen LogP contribution in [0.15, 0.2) is 48.0 Å². The summed E-state index contributed by atoms with van der Waals surface area (Å²) in [4.78, 5) is 11.5. The van der Waals surface area contributed by atoms with Crippen molar-refractivity contribution < 1.29 is 23.4 Å². The van der Waals surface area contributed by atoms with Gasteiger partial charge in [-0.15, -0.1) is 0 Å². The molecule has 0 saturated heterocycles. The lowest BCUT2D eigenvalue weighted by atomic mass is 10.1. The van der Waals surface area contributed by atoms with Gasteiger partial charge in [-0.05, 0) is 41.5 Å². The van der Waals surface area contributed by atoms with Crippen molar-refractivity contribution in [2.45, 2.75) is 6.61 Å². The van der Waals surface area contributed by atoms with Crippen molar-refractivity contribution in [2.75, 3.05) is 14.2 Å². The minimum absolute atomic E-state index is 0.127. The molecule has 0 spiro atoms. The first-order chi connectivity index (χ1) is 12.1. The normalized spacial score (nSPS) is 10.7. The summed E-state index contributed by atoms with van der Waals surface area (Å²) in [5, 5.41) is 9.00. The highest BCUT2D eigenvalue weighted by atomic mass is 19.1. The van der Waals surface area contributed by atoms with Crippen LogP contribution in [-0.4, -0.2) is 20.2 Å². The molecule has 2 rings (SSSR count). The van der Waals surface area contributed by atoms with E-state index in [1.807, 2.05) is 0 Å². The van der Waals surface area contributed by atoms with Gasteiger partial charge in [-0.1, -0.05) is 18.2 Å². The first-order valence-corrected chi connectivity index (χ1v) is 7.32. The van der Waals surface area contributed by atoms with Crippen LogP contribution in [0.3, 0.4) is 0 Å². The van der Waals surface area contributed by atoms with Crippen LogP contribution in [0.1, 0.15) is 11.1 Å². The fourth-order valence-electron chi connectivity index (χ4n) is 2.09. The molecule has 0 N–H and O–H groups in total. The van der Waals surface area contributed by atoms with Gasteiger partial charge in [0, 0.05) is 0 Å². The van der Waals surface area contributed by atoms with Crippen molar-refractivity contribution in [1.29, 1.82) is 5.26 Å². The van der Waals surface area contributed by atoms with Gasteiger partial charge in [0.1, 0.15) is 24.1 Å². The Balaban J connectivity index is 2.20. The summed E-state index contributed by atoms with van der Waals surface area (Å²) in [6.07, 6.45) is 1.39. The van der Waals surface area contributed by atoms with Gasteiger partial charge in [0.05, 0.1) is 14.2 Å². The number of methoxy groups -OCH3 is 2. The van der Waals surface area contributed by atoms with Crippen molar-refractivity contribution >= 4 is 12.0 Å². The average Bonchev–Trinajstić information content (AvgIpc) is 2.64. The summed E-state index contributed by atoms with van der Waals surface area (Å²) in [5.74, 6) is -0.166. The standard InChI is InChI=1S/C19H16FNO4/c1-23-18-10-13(8-15(11-21)19(22)24-2)6-7-17(18)25-12-14-4-3-5-16(20)9-14/h3-10H,12H2,1-2H3/b15-8+. The van der Waals surface area contributed by atoms with Crippen molar-refractivity contribution in [2.24, 2.45) is 0 Å². The molecule has 0 aliphatic carbocycles. The summed E-state index contributed by atoms with van der Waals surface area (Å²) < 4.78 is 28.7. The molecule has 0 atom stereocenters. The third kappa shape index (κ3) is 4.82. The number of rotatable bonds is 6. The number of nitrogens with zero attached hydrogens (tertiary/aromatic N) is 1. The highest BCUT2D eigenvalue weighted by Gasteiger charge is 2.11. The maximum Gasteiger partial charge on any atom is 0.348 e. The van der Waals surface area contributed by atoms with Crippen molar-refractivity contribution in [3.05, 3.63) is 65.0 Å². The van der Waals surface area contributed by atoms with E-state index in [2.05, 4.69) is 4.74 Å². The molecule has 0 unspecified atom stereocenters. The lowest BCUT2D eigenvalue weighted by Crippen LogP contribution is -2.02. The molecule has 0 bridgehead atoms. The zero-order chi connectivity index (χ0) is 18.2. The largest absolute Gasteiger partial charge is 0.493 e. The second kappa shape index (κ2) is 8.50. The third-order valence-corrected chi connectivity index (χ3v) is 3.31. The van der Waals surface area contributed by atoms with E-state index >= 15 is 0 Å². The van der Waals surface area contributed by atoms with E-state index in [0.29, 0.717) is 22.6 Å². The van der Waals surface area contributed by atoms with Gasteiger partial charge >= 0.3 is 5.97 Å². The Bertz CT molecular complexity index is 840. The zero-order valence-electron chi connectivity index (χ0n) is 13.8. The quantitative estimate of drug-likeness (QED) is 0.457. The predicted molar refractivity (Wildman–Crippen MR) is 89.3 cm³/mol. The van der Waals surface area contributed by atoms with Gasteiger partial charge in [0.15, 0.2) is 11.5 Å². The summed E-state index contributed by atoms with van der Waals surface area (Å²) in [6.45, 7) is 0.176. The molecule has 25 heavy (non-hydrogen) atoms. The lowest BCUT2D eigenvalue weighted by Gasteiger charge is -2.11. The monoisotopic (exact) mass is 341 g/mol. The Morgan fingerprint density at radius 2 is 2.00 bits per heavy atom. The number of hydrogen-bond donors (Lipinski definition) is 0. The number of ether oxygens (including phenoxy) is 3. The van der Waals surface area contributed by atoms with Gasteiger partial charge in [-0.25, -0.2) is 9.18 Å². The lowest BCUT2D eigenvalue weighted by molar-refractivity contribution is -0.135. The highest BCUT2D eigenvalue weighted by molar-refractivity contribution is 5.97. The summed E-state index contributed by atoms with van der Waals surface area (Å²) in [6, 6.07) is 12.8. The maximum absolute atomic E-state index is 13.2. The first-order valence-electron chi connectivity index (χ1n) is 7.32. The number of halogens is 1. The van der Waals surface area contributed by atoms with Crippen LogP contribution >= 0.6 is 0 Å². The van der Waals surface area contributed by atoms with Gasteiger partial charge in [-0.3, -0.25) is 0 Å². The second-order valence-electron chi connectivity index (χ2n) is 4.99. The van der Waals surface area contributed by atoms with Crippen molar-refractivity contribution in [3.8, 4) is 17.6 Å². The SMILES string of the molecule is COC(=O)/C(C#N)=C/c1ccc(OCc2cccc(F)c2)c(OC)c1. The molecule has 0 heterocycles. The molecule has 5 nitrogen and oxygen atoms in total. The van der Waals surface area contributed by atoms with Crippen LogP contribution < -0.4 is 9.47 Å². The van der Waals surface area contributed by atoms with Gasteiger partial charge < -0.3 is 14.2 Å². The molecule has 2 aromatic carbocycles. The van der Waals surface area contributed by atoms with E-state index in [4.69, 9.17) is 14.7 Å². The van der Waals surface area contributed by atoms with Crippen LogP contribution in [0.25, 0.3) is 6.08 Å².